The lowest BCUT2D eigenvalue weighted by atomic mass is 10.1. The summed E-state index contributed by atoms with van der Waals surface area (Å²) < 4.78 is 4.54. The summed E-state index contributed by atoms with van der Waals surface area (Å²) in [6.07, 6.45) is 0. The Bertz CT molecular complexity index is 335. The van der Waals surface area contributed by atoms with Crippen LogP contribution in [0.15, 0.2) is 24.3 Å². The standard InChI is InChI=1S/C10H9NO2/c1-11-7-8-3-5-9(6-4-8)10(12)13-2/h3-6H,7H2,2H3. The summed E-state index contributed by atoms with van der Waals surface area (Å²) in [5.74, 6) is -0.352. The molecule has 1 rings (SSSR count). The van der Waals surface area contributed by atoms with Crippen molar-refractivity contribution >= 4 is 5.97 Å². The van der Waals surface area contributed by atoms with Gasteiger partial charge in [-0.1, -0.05) is 12.1 Å². The number of benzene rings is 1. The first-order valence-corrected chi connectivity index (χ1v) is 3.78. The van der Waals surface area contributed by atoms with Gasteiger partial charge in [0.25, 0.3) is 0 Å². The highest BCUT2D eigenvalue weighted by Gasteiger charge is 2.04. The molecule has 1 aromatic rings. The van der Waals surface area contributed by atoms with E-state index in [2.05, 4.69) is 9.58 Å². The maximum Gasteiger partial charge on any atom is 0.337 e. The molecule has 0 radical (unpaired) electrons. The van der Waals surface area contributed by atoms with Gasteiger partial charge >= 0.3 is 5.97 Å². The Balaban J connectivity index is 2.82. The molecule has 3 heteroatoms. The third-order valence-electron chi connectivity index (χ3n) is 1.64. The van der Waals surface area contributed by atoms with Crippen molar-refractivity contribution in [3.8, 4) is 0 Å². The SMILES string of the molecule is [C-]#[N+]Cc1ccc(C(=O)OC)cc1. The average Bonchev–Trinajstić information content (AvgIpc) is 2.18. The van der Waals surface area contributed by atoms with Gasteiger partial charge in [-0.3, -0.25) is 0 Å². The van der Waals surface area contributed by atoms with Crippen LogP contribution in [-0.4, -0.2) is 13.1 Å². The highest BCUT2D eigenvalue weighted by Crippen LogP contribution is 2.06. The van der Waals surface area contributed by atoms with Crippen LogP contribution >= 0.6 is 0 Å². The molecule has 0 unspecified atom stereocenters. The van der Waals surface area contributed by atoms with E-state index in [1.165, 1.54) is 7.11 Å². The van der Waals surface area contributed by atoms with Crippen molar-refractivity contribution in [3.05, 3.63) is 46.8 Å². The molecule has 0 N–H and O–H groups in total. The molecule has 3 nitrogen and oxygen atoms in total. The van der Waals surface area contributed by atoms with Crippen LogP contribution < -0.4 is 0 Å². The van der Waals surface area contributed by atoms with Gasteiger partial charge in [-0.2, -0.15) is 0 Å². The third kappa shape index (κ3) is 2.31. The number of hydrogen-bond donors (Lipinski definition) is 0. The summed E-state index contributed by atoms with van der Waals surface area (Å²) in [6, 6.07) is 6.83. The van der Waals surface area contributed by atoms with Crippen molar-refractivity contribution < 1.29 is 9.53 Å². The monoisotopic (exact) mass is 175 g/mol. The Hall–Kier alpha value is -1.82. The fourth-order valence-electron chi connectivity index (χ4n) is 0.955. The first kappa shape index (κ1) is 9.27. The minimum absolute atomic E-state index is 0.349. The molecule has 0 aromatic heterocycles. The Morgan fingerprint density at radius 3 is 2.54 bits per heavy atom. The molecular weight excluding hydrogens is 166 g/mol. The van der Waals surface area contributed by atoms with E-state index in [4.69, 9.17) is 6.57 Å². The number of nitrogens with zero attached hydrogens (tertiary/aromatic N) is 1. The fourth-order valence-corrected chi connectivity index (χ4v) is 0.955. The molecule has 66 valence electrons. The fraction of sp³-hybridized carbons (Fsp3) is 0.200. The first-order valence-electron chi connectivity index (χ1n) is 3.78. The number of carbonyl (C=O) groups is 1. The van der Waals surface area contributed by atoms with Crippen molar-refractivity contribution in [2.45, 2.75) is 6.54 Å². The summed E-state index contributed by atoms with van der Waals surface area (Å²) in [6.45, 7) is 7.00. The van der Waals surface area contributed by atoms with E-state index in [0.717, 1.165) is 5.56 Å². The van der Waals surface area contributed by atoms with Gasteiger partial charge in [-0.15, -0.1) is 0 Å². The van der Waals surface area contributed by atoms with Gasteiger partial charge in [-0.25, -0.2) is 11.4 Å². The van der Waals surface area contributed by atoms with Crippen molar-refractivity contribution in [2.24, 2.45) is 0 Å². The first-order chi connectivity index (χ1) is 6.27. The highest BCUT2D eigenvalue weighted by molar-refractivity contribution is 5.89. The zero-order valence-electron chi connectivity index (χ0n) is 7.28. The molecule has 0 heterocycles. The lowest BCUT2D eigenvalue weighted by Gasteiger charge is -1.98. The molecule has 0 aliphatic rings. The second-order valence-electron chi connectivity index (χ2n) is 2.50. The van der Waals surface area contributed by atoms with E-state index in [0.29, 0.717) is 12.1 Å². The van der Waals surface area contributed by atoms with Crippen LogP contribution in [0.3, 0.4) is 0 Å². The Morgan fingerprint density at radius 2 is 2.08 bits per heavy atom. The van der Waals surface area contributed by atoms with Gasteiger partial charge in [0.2, 0.25) is 6.54 Å². The van der Waals surface area contributed by atoms with Crippen LogP contribution in [0.1, 0.15) is 15.9 Å². The lowest BCUT2D eigenvalue weighted by Crippen LogP contribution is -2.00. The minimum atomic E-state index is -0.352. The molecule has 0 fully saturated rings. The Morgan fingerprint density at radius 1 is 1.46 bits per heavy atom. The zero-order valence-corrected chi connectivity index (χ0v) is 7.28. The number of hydrogen-bond acceptors (Lipinski definition) is 2. The normalized spacial score (nSPS) is 8.92. The van der Waals surface area contributed by atoms with Gasteiger partial charge in [0.15, 0.2) is 0 Å². The van der Waals surface area contributed by atoms with E-state index in [9.17, 15) is 4.79 Å². The van der Waals surface area contributed by atoms with Crippen LogP contribution in [0.25, 0.3) is 4.85 Å². The summed E-state index contributed by atoms with van der Waals surface area (Å²) >= 11 is 0. The van der Waals surface area contributed by atoms with Crippen molar-refractivity contribution in [3.63, 3.8) is 0 Å². The number of carbonyl (C=O) groups excluding carboxylic acids is 1. The van der Waals surface area contributed by atoms with Crippen molar-refractivity contribution in [1.82, 2.24) is 0 Å². The predicted molar refractivity (Wildman–Crippen MR) is 48.1 cm³/mol. The van der Waals surface area contributed by atoms with Crippen LogP contribution in [0.4, 0.5) is 0 Å². The van der Waals surface area contributed by atoms with Gasteiger partial charge in [0.05, 0.1) is 12.7 Å². The van der Waals surface area contributed by atoms with Gasteiger partial charge in [0.1, 0.15) is 0 Å². The van der Waals surface area contributed by atoms with Crippen LogP contribution in [0.2, 0.25) is 0 Å². The lowest BCUT2D eigenvalue weighted by molar-refractivity contribution is 0.0601. The Labute approximate surface area is 76.8 Å². The van der Waals surface area contributed by atoms with Gasteiger partial charge in [0, 0.05) is 5.56 Å². The summed E-state index contributed by atoms with van der Waals surface area (Å²) in [5.41, 5.74) is 1.42. The van der Waals surface area contributed by atoms with E-state index in [-0.39, 0.29) is 5.97 Å². The second kappa shape index (κ2) is 4.27. The molecule has 0 atom stereocenters. The largest absolute Gasteiger partial charge is 0.465 e. The van der Waals surface area contributed by atoms with E-state index in [1.54, 1.807) is 24.3 Å². The molecule has 0 aliphatic heterocycles. The topological polar surface area (TPSA) is 30.7 Å². The summed E-state index contributed by atoms with van der Waals surface area (Å²) in [4.78, 5) is 14.2. The number of methoxy groups -OCH3 is 1. The molecule has 0 spiro atoms. The quantitative estimate of drug-likeness (QED) is 0.507. The van der Waals surface area contributed by atoms with Crippen molar-refractivity contribution in [2.75, 3.05) is 7.11 Å². The molecule has 0 bridgehead atoms. The van der Waals surface area contributed by atoms with Crippen LogP contribution in [0, 0.1) is 6.57 Å². The highest BCUT2D eigenvalue weighted by atomic mass is 16.5. The Kier molecular flexibility index (Phi) is 3.04. The van der Waals surface area contributed by atoms with Gasteiger partial charge < -0.3 is 9.58 Å². The van der Waals surface area contributed by atoms with E-state index in [1.807, 2.05) is 0 Å². The number of esters is 1. The number of ether oxygens (including phenoxy) is 1. The van der Waals surface area contributed by atoms with Crippen molar-refractivity contribution in [1.29, 1.82) is 0 Å². The second-order valence-corrected chi connectivity index (χ2v) is 2.50. The predicted octanol–water partition coefficient (Wildman–Crippen LogP) is 1.89. The molecule has 0 saturated heterocycles. The number of rotatable bonds is 2. The molecule has 0 aliphatic carbocycles. The van der Waals surface area contributed by atoms with Crippen LogP contribution in [0.5, 0.6) is 0 Å². The molecular formula is C10H9NO2. The minimum Gasteiger partial charge on any atom is -0.465 e. The average molecular weight is 175 g/mol. The molecule has 0 amide bonds. The zero-order chi connectivity index (χ0) is 9.68. The smallest absolute Gasteiger partial charge is 0.337 e. The van der Waals surface area contributed by atoms with Gasteiger partial charge in [-0.05, 0) is 12.1 Å². The maximum atomic E-state index is 11.0. The summed E-state index contributed by atoms with van der Waals surface area (Å²) in [5, 5.41) is 0. The van der Waals surface area contributed by atoms with Crippen LogP contribution in [-0.2, 0) is 11.3 Å². The van der Waals surface area contributed by atoms with E-state index >= 15 is 0 Å². The molecule has 0 saturated carbocycles. The molecule has 13 heavy (non-hydrogen) atoms. The summed E-state index contributed by atoms with van der Waals surface area (Å²) in [7, 11) is 1.34. The molecule has 1 aromatic carbocycles. The maximum absolute atomic E-state index is 11.0. The third-order valence-corrected chi connectivity index (χ3v) is 1.64. The van der Waals surface area contributed by atoms with E-state index < -0.39 is 0 Å².